The lowest BCUT2D eigenvalue weighted by atomic mass is 10.2. The molecular weight excluding hydrogens is 240 g/mol. The van der Waals surface area contributed by atoms with Gasteiger partial charge in [0.15, 0.2) is 0 Å². The van der Waals surface area contributed by atoms with Crippen molar-refractivity contribution < 1.29 is 8.95 Å². The van der Waals surface area contributed by atoms with E-state index in [2.05, 4.69) is 15.5 Å². The summed E-state index contributed by atoms with van der Waals surface area (Å²) in [6.45, 7) is 1.96. The summed E-state index contributed by atoms with van der Waals surface area (Å²) in [4.78, 5) is 0. The normalized spacial score (nSPS) is 12.4. The van der Waals surface area contributed by atoms with Gasteiger partial charge in [-0.2, -0.15) is 4.68 Å². The van der Waals surface area contributed by atoms with Crippen molar-refractivity contribution >= 4 is 10.8 Å². The standard InChI is InChI=1S/C10H12N4O2S/c1-7-4-5-8(9(6-7)16-2)14-10(17(3)15)11-12-13-14/h4-6H,1-3H3. The molecule has 1 aromatic heterocycles. The quantitative estimate of drug-likeness (QED) is 0.805. The first-order chi connectivity index (χ1) is 8.13. The van der Waals surface area contributed by atoms with E-state index in [0.717, 1.165) is 5.56 Å². The number of benzene rings is 1. The Morgan fingerprint density at radius 1 is 1.41 bits per heavy atom. The van der Waals surface area contributed by atoms with Crippen LogP contribution in [0.15, 0.2) is 23.4 Å². The van der Waals surface area contributed by atoms with E-state index in [-0.39, 0.29) is 0 Å². The lowest BCUT2D eigenvalue weighted by Crippen LogP contribution is -2.06. The van der Waals surface area contributed by atoms with Crippen molar-refractivity contribution in [1.82, 2.24) is 20.2 Å². The number of ether oxygens (including phenoxy) is 1. The average Bonchev–Trinajstić information content (AvgIpc) is 2.77. The summed E-state index contributed by atoms with van der Waals surface area (Å²) in [6.07, 6.45) is 1.53. The third-order valence-electron chi connectivity index (χ3n) is 2.26. The molecule has 0 spiro atoms. The van der Waals surface area contributed by atoms with E-state index in [1.807, 2.05) is 25.1 Å². The molecule has 0 radical (unpaired) electrons. The highest BCUT2D eigenvalue weighted by atomic mass is 32.2. The molecule has 0 N–H and O–H groups in total. The first kappa shape index (κ1) is 11.7. The van der Waals surface area contributed by atoms with Gasteiger partial charge < -0.3 is 4.74 Å². The van der Waals surface area contributed by atoms with Crippen LogP contribution in [0, 0.1) is 6.92 Å². The fraction of sp³-hybridized carbons (Fsp3) is 0.300. The van der Waals surface area contributed by atoms with Crippen molar-refractivity contribution in [3.8, 4) is 11.4 Å². The Bertz CT molecular complexity index is 567. The van der Waals surface area contributed by atoms with Gasteiger partial charge in [-0.3, -0.25) is 4.21 Å². The van der Waals surface area contributed by atoms with E-state index in [4.69, 9.17) is 4.74 Å². The fourth-order valence-corrected chi connectivity index (χ4v) is 2.00. The maximum Gasteiger partial charge on any atom is 0.244 e. The summed E-state index contributed by atoms with van der Waals surface area (Å²) < 4.78 is 18.2. The van der Waals surface area contributed by atoms with Crippen LogP contribution < -0.4 is 4.74 Å². The molecule has 2 aromatic rings. The molecule has 2 rings (SSSR count). The summed E-state index contributed by atoms with van der Waals surface area (Å²) in [6, 6.07) is 5.63. The van der Waals surface area contributed by atoms with E-state index in [1.54, 1.807) is 7.11 Å². The molecule has 0 aliphatic rings. The maximum atomic E-state index is 11.5. The minimum atomic E-state index is -1.25. The number of rotatable bonds is 3. The van der Waals surface area contributed by atoms with E-state index in [0.29, 0.717) is 16.6 Å². The Balaban J connectivity index is 2.60. The monoisotopic (exact) mass is 252 g/mol. The molecule has 17 heavy (non-hydrogen) atoms. The molecule has 90 valence electrons. The lowest BCUT2D eigenvalue weighted by Gasteiger charge is -2.09. The topological polar surface area (TPSA) is 69.9 Å². The van der Waals surface area contributed by atoms with Crippen LogP contribution >= 0.6 is 0 Å². The first-order valence-corrected chi connectivity index (χ1v) is 6.46. The van der Waals surface area contributed by atoms with E-state index < -0.39 is 10.8 Å². The van der Waals surface area contributed by atoms with Crippen molar-refractivity contribution in [2.45, 2.75) is 12.1 Å². The number of aryl methyl sites for hydroxylation is 1. The van der Waals surface area contributed by atoms with Gasteiger partial charge in [-0.1, -0.05) is 11.2 Å². The van der Waals surface area contributed by atoms with Gasteiger partial charge in [-0.25, -0.2) is 0 Å². The second-order valence-corrected chi connectivity index (χ2v) is 4.78. The van der Waals surface area contributed by atoms with Gasteiger partial charge in [0.2, 0.25) is 5.16 Å². The number of aromatic nitrogens is 4. The number of hydrogen-bond acceptors (Lipinski definition) is 5. The summed E-state index contributed by atoms with van der Waals surface area (Å²) >= 11 is 0. The minimum Gasteiger partial charge on any atom is -0.494 e. The fourth-order valence-electron chi connectivity index (χ4n) is 1.47. The van der Waals surface area contributed by atoms with E-state index in [1.165, 1.54) is 10.9 Å². The molecule has 0 saturated heterocycles. The van der Waals surface area contributed by atoms with Crippen molar-refractivity contribution in [1.29, 1.82) is 0 Å². The molecular formula is C10H12N4O2S. The first-order valence-electron chi connectivity index (χ1n) is 4.90. The van der Waals surface area contributed by atoms with Crippen LogP contribution in [0.3, 0.4) is 0 Å². The minimum absolute atomic E-state index is 0.298. The zero-order valence-corrected chi connectivity index (χ0v) is 10.6. The van der Waals surface area contributed by atoms with Crippen LogP contribution in [-0.4, -0.2) is 37.8 Å². The molecule has 6 nitrogen and oxygen atoms in total. The van der Waals surface area contributed by atoms with Crippen molar-refractivity contribution in [3.63, 3.8) is 0 Å². The van der Waals surface area contributed by atoms with Crippen molar-refractivity contribution in [2.75, 3.05) is 13.4 Å². The van der Waals surface area contributed by atoms with Crippen LogP contribution in [0.4, 0.5) is 0 Å². The zero-order valence-electron chi connectivity index (χ0n) is 9.75. The molecule has 0 amide bonds. The molecule has 1 aromatic carbocycles. The molecule has 0 aliphatic carbocycles. The van der Waals surface area contributed by atoms with Gasteiger partial charge in [0, 0.05) is 6.26 Å². The third kappa shape index (κ3) is 2.19. The number of nitrogens with zero attached hydrogens (tertiary/aromatic N) is 4. The molecule has 0 bridgehead atoms. The Kier molecular flexibility index (Phi) is 3.19. The van der Waals surface area contributed by atoms with Crippen LogP contribution in [0.5, 0.6) is 5.75 Å². The SMILES string of the molecule is COc1cc(C)ccc1-n1nnnc1S(C)=O. The largest absolute Gasteiger partial charge is 0.494 e. The van der Waals surface area contributed by atoms with Gasteiger partial charge in [0.1, 0.15) is 11.4 Å². The van der Waals surface area contributed by atoms with Gasteiger partial charge in [0.25, 0.3) is 0 Å². The average molecular weight is 252 g/mol. The molecule has 0 saturated carbocycles. The van der Waals surface area contributed by atoms with Gasteiger partial charge in [-0.05, 0) is 35.0 Å². The van der Waals surface area contributed by atoms with Gasteiger partial charge in [0.05, 0.1) is 17.9 Å². The highest BCUT2D eigenvalue weighted by Crippen LogP contribution is 2.24. The van der Waals surface area contributed by atoms with Gasteiger partial charge in [-0.15, -0.1) is 0 Å². The molecule has 0 fully saturated rings. The second-order valence-electron chi connectivity index (χ2n) is 3.50. The maximum absolute atomic E-state index is 11.5. The van der Waals surface area contributed by atoms with Gasteiger partial charge >= 0.3 is 0 Å². The number of hydrogen-bond donors (Lipinski definition) is 0. The Morgan fingerprint density at radius 2 is 2.18 bits per heavy atom. The summed E-state index contributed by atoms with van der Waals surface area (Å²) in [5.74, 6) is 0.643. The van der Waals surface area contributed by atoms with Crippen LogP contribution in [0.1, 0.15) is 5.56 Å². The molecule has 0 aliphatic heterocycles. The summed E-state index contributed by atoms with van der Waals surface area (Å²) in [5.41, 5.74) is 1.74. The third-order valence-corrected chi connectivity index (χ3v) is 3.03. The van der Waals surface area contributed by atoms with Crippen LogP contribution in [0.2, 0.25) is 0 Å². The van der Waals surface area contributed by atoms with Crippen molar-refractivity contribution in [3.05, 3.63) is 23.8 Å². The Hall–Kier alpha value is -1.76. The molecule has 1 unspecified atom stereocenters. The van der Waals surface area contributed by atoms with E-state index in [9.17, 15) is 4.21 Å². The summed E-state index contributed by atoms with van der Waals surface area (Å²) in [7, 11) is 0.320. The van der Waals surface area contributed by atoms with E-state index >= 15 is 0 Å². The molecule has 1 heterocycles. The second kappa shape index (κ2) is 4.62. The molecule has 1 atom stereocenters. The predicted octanol–water partition coefficient (Wildman–Crippen LogP) is 0.717. The van der Waals surface area contributed by atoms with Crippen molar-refractivity contribution in [2.24, 2.45) is 0 Å². The Labute approximate surface area is 101 Å². The number of methoxy groups -OCH3 is 1. The highest BCUT2D eigenvalue weighted by molar-refractivity contribution is 7.84. The predicted molar refractivity (Wildman–Crippen MR) is 62.8 cm³/mol. The van der Waals surface area contributed by atoms with Crippen LogP contribution in [0.25, 0.3) is 5.69 Å². The smallest absolute Gasteiger partial charge is 0.244 e. The lowest BCUT2D eigenvalue weighted by molar-refractivity contribution is 0.410. The Morgan fingerprint density at radius 3 is 2.82 bits per heavy atom. The highest BCUT2D eigenvalue weighted by Gasteiger charge is 2.15. The molecule has 7 heteroatoms. The number of tetrazole rings is 1. The summed E-state index contributed by atoms with van der Waals surface area (Å²) in [5, 5.41) is 11.4. The van der Waals surface area contributed by atoms with Crippen LogP contribution in [-0.2, 0) is 10.8 Å². The zero-order chi connectivity index (χ0) is 12.4.